The largest absolute Gasteiger partial charge is 0.416 e. The van der Waals surface area contributed by atoms with Crippen LogP contribution in [0.2, 0.25) is 0 Å². The lowest BCUT2D eigenvalue weighted by molar-refractivity contribution is -0.137. The molecule has 2 aromatic rings. The molecule has 3 nitrogen and oxygen atoms in total. The Morgan fingerprint density at radius 2 is 1.93 bits per heavy atom. The van der Waals surface area contributed by atoms with Crippen LogP contribution in [0.15, 0.2) is 76.6 Å². The van der Waals surface area contributed by atoms with Crippen LogP contribution < -0.4 is 4.90 Å². The Kier molecular flexibility index (Phi) is 5.23. The van der Waals surface area contributed by atoms with Gasteiger partial charge in [-0.25, -0.2) is 4.99 Å². The zero-order chi connectivity index (χ0) is 19.6. The van der Waals surface area contributed by atoms with E-state index in [1.807, 2.05) is 0 Å². The maximum absolute atomic E-state index is 13.0. The van der Waals surface area contributed by atoms with Gasteiger partial charge in [-0.3, -0.25) is 9.69 Å². The summed E-state index contributed by atoms with van der Waals surface area (Å²) in [5, 5.41) is 3.41. The quantitative estimate of drug-likeness (QED) is 0.652. The molecule has 0 unspecified atom stereocenters. The topological polar surface area (TPSA) is 32.7 Å². The minimum atomic E-state index is -4.47. The fourth-order valence-corrected chi connectivity index (χ4v) is 3.14. The molecule has 1 amide bonds. The number of hydrogen-bond acceptors (Lipinski definition) is 3. The van der Waals surface area contributed by atoms with Crippen molar-refractivity contribution in [2.75, 3.05) is 4.90 Å². The first-order valence-corrected chi connectivity index (χ1v) is 8.90. The van der Waals surface area contributed by atoms with Gasteiger partial charge in [0.05, 0.1) is 16.9 Å². The standard InChI is InChI=1S/C20H15F3N2OS/c1-3-27-12-13(2)25-17-10-5-4-9-16(17)18(19(25)26)24-15-8-6-7-14(11-15)20(21,22)23/h3-12H,1H2,2H3/b13-12+,24-18?. The number of carbonyl (C=O) groups excluding carboxylic acids is 1. The summed E-state index contributed by atoms with van der Waals surface area (Å²) in [4.78, 5) is 18.7. The summed E-state index contributed by atoms with van der Waals surface area (Å²) in [6.45, 7) is 5.40. The second kappa shape index (κ2) is 7.44. The van der Waals surface area contributed by atoms with Crippen LogP contribution in [0, 0.1) is 0 Å². The normalized spacial score (nSPS) is 16.0. The van der Waals surface area contributed by atoms with Crippen molar-refractivity contribution < 1.29 is 18.0 Å². The Hall–Kier alpha value is -2.80. The number of nitrogens with zero attached hydrogens (tertiary/aromatic N) is 2. The van der Waals surface area contributed by atoms with Crippen LogP contribution in [0.25, 0.3) is 0 Å². The molecule has 7 heteroatoms. The lowest BCUT2D eigenvalue weighted by atomic mass is 10.1. The molecular weight excluding hydrogens is 373 g/mol. The number of carbonyl (C=O) groups is 1. The molecule has 0 aromatic heterocycles. The molecule has 138 valence electrons. The molecule has 0 fully saturated rings. The molecule has 2 aromatic carbocycles. The Bertz CT molecular complexity index is 964. The average Bonchev–Trinajstić information content (AvgIpc) is 2.91. The molecule has 0 atom stereocenters. The molecule has 0 spiro atoms. The van der Waals surface area contributed by atoms with Crippen LogP contribution in [0.5, 0.6) is 0 Å². The Morgan fingerprint density at radius 1 is 1.19 bits per heavy atom. The minimum Gasteiger partial charge on any atom is -0.278 e. The molecule has 1 aliphatic rings. The maximum atomic E-state index is 13.0. The van der Waals surface area contributed by atoms with Gasteiger partial charge in [0, 0.05) is 11.3 Å². The number of rotatable bonds is 4. The Labute approximate surface area is 158 Å². The van der Waals surface area contributed by atoms with Gasteiger partial charge in [0.2, 0.25) is 0 Å². The third kappa shape index (κ3) is 3.83. The van der Waals surface area contributed by atoms with Crippen molar-refractivity contribution in [1.29, 1.82) is 0 Å². The van der Waals surface area contributed by atoms with E-state index in [4.69, 9.17) is 0 Å². The lowest BCUT2D eigenvalue weighted by Crippen LogP contribution is -2.28. The Morgan fingerprint density at radius 3 is 2.63 bits per heavy atom. The summed E-state index contributed by atoms with van der Waals surface area (Å²) in [7, 11) is 0. The summed E-state index contributed by atoms with van der Waals surface area (Å²) >= 11 is 1.33. The van der Waals surface area contributed by atoms with Gasteiger partial charge in [0.15, 0.2) is 0 Å². The summed E-state index contributed by atoms with van der Waals surface area (Å²) < 4.78 is 38.8. The molecule has 0 aliphatic carbocycles. The number of benzene rings is 2. The summed E-state index contributed by atoms with van der Waals surface area (Å²) in [5.41, 5.74) is 1.28. The predicted molar refractivity (Wildman–Crippen MR) is 103 cm³/mol. The molecule has 0 N–H and O–H groups in total. The molecule has 0 radical (unpaired) electrons. The van der Waals surface area contributed by atoms with E-state index < -0.39 is 11.7 Å². The number of thioether (sulfide) groups is 1. The van der Waals surface area contributed by atoms with Crippen molar-refractivity contribution in [2.45, 2.75) is 13.1 Å². The smallest absolute Gasteiger partial charge is 0.278 e. The summed E-state index contributed by atoms with van der Waals surface area (Å²) in [6.07, 6.45) is -4.47. The highest BCUT2D eigenvalue weighted by atomic mass is 32.2. The van der Waals surface area contributed by atoms with Gasteiger partial charge in [-0.2, -0.15) is 13.2 Å². The van der Waals surface area contributed by atoms with E-state index in [1.54, 1.807) is 42.0 Å². The highest BCUT2D eigenvalue weighted by Crippen LogP contribution is 2.35. The van der Waals surface area contributed by atoms with Gasteiger partial charge >= 0.3 is 6.18 Å². The van der Waals surface area contributed by atoms with E-state index in [9.17, 15) is 18.0 Å². The molecule has 0 saturated heterocycles. The van der Waals surface area contributed by atoms with Crippen LogP contribution in [0.3, 0.4) is 0 Å². The molecule has 27 heavy (non-hydrogen) atoms. The first kappa shape index (κ1) is 19.0. The number of hydrogen-bond donors (Lipinski definition) is 0. The van der Waals surface area contributed by atoms with Crippen molar-refractivity contribution in [3.8, 4) is 0 Å². The third-order valence-corrected chi connectivity index (χ3v) is 4.58. The zero-order valence-electron chi connectivity index (χ0n) is 14.3. The first-order chi connectivity index (χ1) is 12.8. The van der Waals surface area contributed by atoms with E-state index >= 15 is 0 Å². The van der Waals surface area contributed by atoms with Crippen LogP contribution in [0.1, 0.15) is 18.1 Å². The number of halogens is 3. The van der Waals surface area contributed by atoms with E-state index in [0.717, 1.165) is 12.1 Å². The lowest BCUT2D eigenvalue weighted by Gasteiger charge is -2.17. The highest BCUT2D eigenvalue weighted by Gasteiger charge is 2.35. The second-order valence-corrected chi connectivity index (χ2v) is 6.57. The van der Waals surface area contributed by atoms with Crippen molar-refractivity contribution in [3.05, 3.63) is 82.7 Å². The monoisotopic (exact) mass is 388 g/mol. The first-order valence-electron chi connectivity index (χ1n) is 7.96. The molecular formula is C20H15F3N2OS. The van der Waals surface area contributed by atoms with Gasteiger partial charge in [-0.15, -0.1) is 11.8 Å². The van der Waals surface area contributed by atoms with E-state index in [-0.39, 0.29) is 17.3 Å². The van der Waals surface area contributed by atoms with Gasteiger partial charge in [-0.1, -0.05) is 30.8 Å². The fraction of sp³-hybridized carbons (Fsp3) is 0.100. The predicted octanol–water partition coefficient (Wildman–Crippen LogP) is 5.91. The number of para-hydroxylation sites is 1. The molecule has 0 bridgehead atoms. The average molecular weight is 388 g/mol. The van der Waals surface area contributed by atoms with Crippen molar-refractivity contribution >= 4 is 34.8 Å². The summed E-state index contributed by atoms with van der Waals surface area (Å²) in [5.74, 6) is -0.382. The van der Waals surface area contributed by atoms with Crippen LogP contribution in [-0.4, -0.2) is 11.6 Å². The summed E-state index contributed by atoms with van der Waals surface area (Å²) in [6, 6.07) is 11.7. The second-order valence-electron chi connectivity index (χ2n) is 5.73. The van der Waals surface area contributed by atoms with Gasteiger partial charge in [0.1, 0.15) is 5.71 Å². The van der Waals surface area contributed by atoms with Crippen LogP contribution in [0.4, 0.5) is 24.5 Å². The SMILES string of the molecule is C=CS/C=C(\C)N1C(=O)C(=Nc2cccc(C(F)(F)F)c2)c2ccccc21. The highest BCUT2D eigenvalue weighted by molar-refractivity contribution is 8.04. The van der Waals surface area contributed by atoms with E-state index in [1.165, 1.54) is 28.8 Å². The van der Waals surface area contributed by atoms with Crippen molar-refractivity contribution in [3.63, 3.8) is 0 Å². The number of alkyl halides is 3. The zero-order valence-corrected chi connectivity index (χ0v) is 15.1. The number of aliphatic imine (C=N–C) groups is 1. The Balaban J connectivity index is 2.08. The van der Waals surface area contributed by atoms with E-state index in [2.05, 4.69) is 11.6 Å². The minimum absolute atomic E-state index is 0.0759. The number of anilines is 1. The third-order valence-electron chi connectivity index (χ3n) is 3.91. The fourth-order valence-electron chi connectivity index (χ4n) is 2.74. The van der Waals surface area contributed by atoms with Gasteiger partial charge in [0.25, 0.3) is 5.91 Å². The molecule has 1 aliphatic heterocycles. The van der Waals surface area contributed by atoms with E-state index in [0.29, 0.717) is 16.9 Å². The molecule has 3 rings (SSSR count). The van der Waals surface area contributed by atoms with Crippen LogP contribution >= 0.6 is 11.8 Å². The van der Waals surface area contributed by atoms with Gasteiger partial charge in [-0.05, 0) is 42.0 Å². The number of amides is 1. The number of fused-ring (bicyclic) bond motifs is 1. The maximum Gasteiger partial charge on any atom is 0.416 e. The van der Waals surface area contributed by atoms with Crippen molar-refractivity contribution in [1.82, 2.24) is 0 Å². The molecule has 1 heterocycles. The van der Waals surface area contributed by atoms with Gasteiger partial charge < -0.3 is 0 Å². The van der Waals surface area contributed by atoms with Crippen LogP contribution in [-0.2, 0) is 11.0 Å². The molecule has 0 saturated carbocycles. The number of allylic oxidation sites excluding steroid dienone is 1. The van der Waals surface area contributed by atoms with Crippen molar-refractivity contribution in [2.24, 2.45) is 4.99 Å².